The van der Waals surface area contributed by atoms with E-state index in [0.717, 1.165) is 36.9 Å². The van der Waals surface area contributed by atoms with Crippen molar-refractivity contribution in [2.24, 2.45) is 10.4 Å². The van der Waals surface area contributed by atoms with Gasteiger partial charge in [-0.3, -0.25) is 0 Å². The Hall–Kier alpha value is -2.01. The predicted molar refractivity (Wildman–Crippen MR) is 107 cm³/mol. The van der Waals surface area contributed by atoms with Crippen molar-refractivity contribution < 1.29 is 4.74 Å². The maximum atomic E-state index is 5.70. The van der Waals surface area contributed by atoms with Crippen LogP contribution in [0.4, 0.5) is 0 Å². The van der Waals surface area contributed by atoms with E-state index in [9.17, 15) is 0 Å². The van der Waals surface area contributed by atoms with Crippen LogP contribution in [0.3, 0.4) is 0 Å². The van der Waals surface area contributed by atoms with Crippen molar-refractivity contribution in [2.75, 3.05) is 40.3 Å². The van der Waals surface area contributed by atoms with Gasteiger partial charge in [0.2, 0.25) is 0 Å². The summed E-state index contributed by atoms with van der Waals surface area (Å²) in [5.41, 5.74) is 1.22. The van der Waals surface area contributed by atoms with Crippen LogP contribution in [-0.2, 0) is 6.54 Å². The third-order valence-electron chi connectivity index (χ3n) is 3.56. The van der Waals surface area contributed by atoms with Gasteiger partial charge in [-0.05, 0) is 32.5 Å². The first-order valence-corrected chi connectivity index (χ1v) is 8.86. The molecule has 25 heavy (non-hydrogen) atoms. The number of benzene rings is 1. The van der Waals surface area contributed by atoms with Crippen LogP contribution in [0, 0.1) is 5.41 Å². The summed E-state index contributed by atoms with van der Waals surface area (Å²) in [6.45, 7) is 14.0. The molecule has 0 spiro atoms. The van der Waals surface area contributed by atoms with Crippen LogP contribution in [0.15, 0.2) is 41.9 Å². The fraction of sp³-hybridized carbons (Fsp3) is 0.550. The molecule has 0 saturated carbocycles. The van der Waals surface area contributed by atoms with Gasteiger partial charge in [0.25, 0.3) is 0 Å². The van der Waals surface area contributed by atoms with E-state index in [1.165, 1.54) is 0 Å². The van der Waals surface area contributed by atoms with E-state index in [1.54, 1.807) is 6.08 Å². The lowest BCUT2D eigenvalue weighted by molar-refractivity contribution is 0.241. The lowest BCUT2D eigenvalue weighted by Gasteiger charge is -2.29. The molecular formula is C20H34N4O. The first-order valence-electron chi connectivity index (χ1n) is 8.86. The Bertz CT molecular complexity index is 552. The number of guanidine groups is 1. The van der Waals surface area contributed by atoms with Crippen molar-refractivity contribution in [1.29, 1.82) is 0 Å². The van der Waals surface area contributed by atoms with Crippen molar-refractivity contribution in [3.63, 3.8) is 0 Å². The van der Waals surface area contributed by atoms with Crippen LogP contribution in [0.5, 0.6) is 5.75 Å². The van der Waals surface area contributed by atoms with Crippen molar-refractivity contribution in [2.45, 2.75) is 27.3 Å². The number of nitrogens with zero attached hydrogens (tertiary/aromatic N) is 2. The Morgan fingerprint density at radius 1 is 1.28 bits per heavy atom. The van der Waals surface area contributed by atoms with Gasteiger partial charge in [0, 0.05) is 25.2 Å². The third kappa shape index (κ3) is 8.59. The van der Waals surface area contributed by atoms with Crippen LogP contribution in [0.1, 0.15) is 26.3 Å². The molecule has 140 valence electrons. The summed E-state index contributed by atoms with van der Waals surface area (Å²) in [5.74, 6) is 1.68. The Labute approximate surface area is 153 Å². The first-order chi connectivity index (χ1) is 11.9. The van der Waals surface area contributed by atoms with Gasteiger partial charge in [-0.15, -0.1) is 0 Å². The Balaban J connectivity index is 2.74. The minimum absolute atomic E-state index is 0.157. The summed E-state index contributed by atoms with van der Waals surface area (Å²) < 4.78 is 5.70. The van der Waals surface area contributed by atoms with Gasteiger partial charge in [0.15, 0.2) is 5.96 Å². The molecule has 0 aromatic heterocycles. The summed E-state index contributed by atoms with van der Waals surface area (Å²) in [6, 6.07) is 7.99. The summed E-state index contributed by atoms with van der Waals surface area (Å²) in [4.78, 5) is 6.92. The second-order valence-electron chi connectivity index (χ2n) is 7.16. The Morgan fingerprint density at radius 2 is 2.00 bits per heavy atom. The fourth-order valence-corrected chi connectivity index (χ4v) is 2.66. The van der Waals surface area contributed by atoms with Crippen LogP contribution < -0.4 is 15.4 Å². The Kier molecular flexibility index (Phi) is 9.06. The summed E-state index contributed by atoms with van der Waals surface area (Å²) in [5, 5.41) is 6.76. The molecule has 0 radical (unpaired) electrons. The minimum Gasteiger partial charge on any atom is -0.489 e. The summed E-state index contributed by atoms with van der Waals surface area (Å²) in [6.07, 6.45) is 1.75. The number of ether oxygens (including phenoxy) is 1. The number of para-hydroxylation sites is 1. The lowest BCUT2D eigenvalue weighted by Crippen LogP contribution is -2.44. The van der Waals surface area contributed by atoms with E-state index >= 15 is 0 Å². The first kappa shape index (κ1) is 21.0. The monoisotopic (exact) mass is 346 g/mol. The molecule has 1 aromatic rings. The van der Waals surface area contributed by atoms with E-state index in [-0.39, 0.29) is 5.41 Å². The number of hydrogen-bond acceptors (Lipinski definition) is 3. The van der Waals surface area contributed by atoms with Gasteiger partial charge in [0.1, 0.15) is 12.4 Å². The van der Waals surface area contributed by atoms with Crippen molar-refractivity contribution in [1.82, 2.24) is 15.5 Å². The molecule has 0 aliphatic carbocycles. The molecule has 1 rings (SSSR count). The molecule has 1 aromatic carbocycles. The summed E-state index contributed by atoms with van der Waals surface area (Å²) in [7, 11) is 4.20. The zero-order valence-corrected chi connectivity index (χ0v) is 16.4. The maximum Gasteiger partial charge on any atom is 0.191 e. The zero-order chi connectivity index (χ0) is 18.7. The zero-order valence-electron chi connectivity index (χ0n) is 16.4. The van der Waals surface area contributed by atoms with Gasteiger partial charge >= 0.3 is 0 Å². The van der Waals surface area contributed by atoms with E-state index < -0.39 is 0 Å². The highest BCUT2D eigenvalue weighted by molar-refractivity contribution is 5.79. The molecule has 0 aliphatic rings. The SMILES string of the molecule is C=CCOc1ccccc1CN=C(NCC)NCC(C)(C)CN(C)C. The molecule has 2 N–H and O–H groups in total. The largest absolute Gasteiger partial charge is 0.489 e. The van der Waals surface area contributed by atoms with Crippen LogP contribution in [0.2, 0.25) is 0 Å². The standard InChI is InChI=1S/C20H34N4O/c1-7-13-25-18-12-10-9-11-17(18)14-22-19(21-8-2)23-15-20(3,4)16-24(5)6/h7,9-12H,1,8,13-16H2,2-6H3,(H2,21,22,23). The second kappa shape index (κ2) is 10.8. The fourth-order valence-electron chi connectivity index (χ4n) is 2.66. The van der Waals surface area contributed by atoms with Crippen molar-refractivity contribution >= 4 is 5.96 Å². The van der Waals surface area contributed by atoms with Gasteiger partial charge in [-0.1, -0.05) is 44.7 Å². The average molecular weight is 347 g/mol. The van der Waals surface area contributed by atoms with Gasteiger partial charge < -0.3 is 20.3 Å². The van der Waals surface area contributed by atoms with E-state index in [4.69, 9.17) is 9.73 Å². The molecule has 0 unspecified atom stereocenters. The third-order valence-corrected chi connectivity index (χ3v) is 3.56. The number of hydrogen-bond donors (Lipinski definition) is 2. The van der Waals surface area contributed by atoms with Crippen LogP contribution in [-0.4, -0.2) is 51.2 Å². The molecule has 5 heteroatoms. The van der Waals surface area contributed by atoms with E-state index in [1.807, 2.05) is 24.3 Å². The molecule has 0 heterocycles. The topological polar surface area (TPSA) is 48.9 Å². The highest BCUT2D eigenvalue weighted by Crippen LogP contribution is 2.19. The Morgan fingerprint density at radius 3 is 2.64 bits per heavy atom. The molecule has 0 aliphatic heterocycles. The molecule has 0 atom stereocenters. The molecule has 0 amide bonds. The number of rotatable bonds is 10. The molecule has 5 nitrogen and oxygen atoms in total. The van der Waals surface area contributed by atoms with Gasteiger partial charge in [-0.25, -0.2) is 4.99 Å². The quantitative estimate of drug-likeness (QED) is 0.389. The molecule has 0 fully saturated rings. The average Bonchev–Trinajstić information content (AvgIpc) is 2.55. The van der Waals surface area contributed by atoms with Crippen molar-refractivity contribution in [3.8, 4) is 5.75 Å². The predicted octanol–water partition coefficient (Wildman–Crippen LogP) is 2.89. The second-order valence-corrected chi connectivity index (χ2v) is 7.16. The summed E-state index contributed by atoms with van der Waals surface area (Å²) >= 11 is 0. The molecule has 0 saturated heterocycles. The van der Waals surface area contributed by atoms with E-state index in [2.05, 4.69) is 57.0 Å². The lowest BCUT2D eigenvalue weighted by atomic mass is 9.93. The van der Waals surface area contributed by atoms with Gasteiger partial charge in [-0.2, -0.15) is 0 Å². The van der Waals surface area contributed by atoms with Gasteiger partial charge in [0.05, 0.1) is 6.54 Å². The smallest absolute Gasteiger partial charge is 0.191 e. The van der Waals surface area contributed by atoms with Crippen molar-refractivity contribution in [3.05, 3.63) is 42.5 Å². The highest BCUT2D eigenvalue weighted by Gasteiger charge is 2.19. The van der Waals surface area contributed by atoms with Crippen LogP contribution in [0.25, 0.3) is 0 Å². The highest BCUT2D eigenvalue weighted by atomic mass is 16.5. The number of nitrogens with one attached hydrogen (secondary N) is 2. The maximum absolute atomic E-state index is 5.70. The van der Waals surface area contributed by atoms with E-state index in [0.29, 0.717) is 13.2 Å². The minimum atomic E-state index is 0.157. The van der Waals surface area contributed by atoms with Crippen LogP contribution >= 0.6 is 0 Å². The number of aliphatic imine (C=N–C) groups is 1. The normalized spacial score (nSPS) is 12.2. The molecule has 0 bridgehead atoms. The molecular weight excluding hydrogens is 312 g/mol.